The predicted molar refractivity (Wildman–Crippen MR) is 264 cm³/mol. The summed E-state index contributed by atoms with van der Waals surface area (Å²) in [4.78, 5) is 2.47. The Hall–Kier alpha value is -6.98. The van der Waals surface area contributed by atoms with Crippen LogP contribution in [0.15, 0.2) is 194 Å². The van der Waals surface area contributed by atoms with Gasteiger partial charge >= 0.3 is 0 Å². The number of benzene rings is 9. The Balaban J connectivity index is 1.04. The summed E-state index contributed by atoms with van der Waals surface area (Å²) in [6.07, 6.45) is 0. The number of rotatable bonds is 5. The van der Waals surface area contributed by atoms with Gasteiger partial charge in [-0.05, 0) is 106 Å². The molecule has 1 aliphatic rings. The third-order valence-electron chi connectivity index (χ3n) is 13.2. The van der Waals surface area contributed by atoms with Gasteiger partial charge in [0.2, 0.25) is 0 Å². The fraction of sp³-hybridized carbons (Fsp3) is 0.0526. The van der Waals surface area contributed by atoms with E-state index in [0.29, 0.717) is 0 Å². The SMILES string of the molecule is CC1(C)c2ccccc2-c2ccc(N(c3ccc(-c4cccc5c4sc4ccccc45)cc3)c3ccc4c(c3)c3c5sc6ccccc6c5ccc3n4-c3ccccc3)cc21. The molecule has 0 bridgehead atoms. The van der Waals surface area contributed by atoms with Gasteiger partial charge in [-0.15, -0.1) is 22.7 Å². The van der Waals surface area contributed by atoms with Gasteiger partial charge in [-0.1, -0.05) is 135 Å². The number of anilines is 3. The summed E-state index contributed by atoms with van der Waals surface area (Å²) in [5.74, 6) is 0. The van der Waals surface area contributed by atoms with Crippen LogP contribution in [0.4, 0.5) is 17.1 Å². The Morgan fingerprint density at radius 3 is 1.80 bits per heavy atom. The van der Waals surface area contributed by atoms with Gasteiger partial charge in [-0.25, -0.2) is 0 Å². The van der Waals surface area contributed by atoms with Crippen molar-refractivity contribution in [3.05, 3.63) is 205 Å². The van der Waals surface area contributed by atoms with Gasteiger partial charge in [0.05, 0.1) is 11.0 Å². The lowest BCUT2D eigenvalue weighted by Gasteiger charge is -2.28. The van der Waals surface area contributed by atoms with E-state index >= 15 is 0 Å². The average molecular weight is 815 g/mol. The summed E-state index contributed by atoms with van der Waals surface area (Å²) >= 11 is 3.79. The topological polar surface area (TPSA) is 8.17 Å². The highest BCUT2D eigenvalue weighted by Crippen LogP contribution is 2.52. The second-order valence-corrected chi connectivity index (χ2v) is 19.0. The van der Waals surface area contributed by atoms with Gasteiger partial charge in [0.1, 0.15) is 0 Å². The molecule has 0 saturated carbocycles. The van der Waals surface area contributed by atoms with E-state index in [1.165, 1.54) is 95.5 Å². The first kappa shape index (κ1) is 34.8. The highest BCUT2D eigenvalue weighted by molar-refractivity contribution is 7.27. The molecule has 288 valence electrons. The highest BCUT2D eigenvalue weighted by atomic mass is 32.1. The molecule has 12 aromatic rings. The normalized spacial score (nSPS) is 13.2. The standard InChI is InChI=1S/C57H38N2S2/c1-57(2)48-20-9-6-15-41(48)42-29-27-39(34-49(42)57)58(37-25-23-35(24-26-37)40-18-12-19-45-43-16-7-10-21-52(43)60-55(40)45)38-28-31-50-47(33-38)54-51(59(50)36-13-4-3-5-14-36)32-30-46-44-17-8-11-22-53(44)61-56(46)54/h3-34H,1-2H3. The van der Waals surface area contributed by atoms with E-state index in [1.807, 2.05) is 22.7 Å². The van der Waals surface area contributed by atoms with Crippen LogP contribution in [0.5, 0.6) is 0 Å². The molecule has 0 fully saturated rings. The number of aromatic nitrogens is 1. The molecule has 0 saturated heterocycles. The molecule has 0 amide bonds. The van der Waals surface area contributed by atoms with Crippen molar-refractivity contribution in [2.75, 3.05) is 4.90 Å². The van der Waals surface area contributed by atoms with Gasteiger partial charge in [0.15, 0.2) is 0 Å². The molecule has 61 heavy (non-hydrogen) atoms. The Morgan fingerprint density at radius 1 is 0.410 bits per heavy atom. The fourth-order valence-corrected chi connectivity index (χ4v) is 12.8. The monoisotopic (exact) mass is 814 g/mol. The van der Waals surface area contributed by atoms with E-state index in [9.17, 15) is 0 Å². The van der Waals surface area contributed by atoms with E-state index in [-0.39, 0.29) is 5.41 Å². The van der Waals surface area contributed by atoms with Crippen LogP contribution in [-0.4, -0.2) is 4.57 Å². The summed E-state index contributed by atoms with van der Waals surface area (Å²) in [6.45, 7) is 4.74. The van der Waals surface area contributed by atoms with Crippen molar-refractivity contribution in [3.8, 4) is 27.9 Å². The Labute approximate surface area is 361 Å². The second kappa shape index (κ2) is 13.0. The number of hydrogen-bond acceptors (Lipinski definition) is 3. The zero-order valence-corrected chi connectivity index (χ0v) is 35.3. The second-order valence-electron chi connectivity index (χ2n) is 16.9. The maximum absolute atomic E-state index is 2.47. The molecule has 0 N–H and O–H groups in total. The Kier molecular flexibility index (Phi) is 7.43. The molecule has 4 heteroatoms. The molecule has 0 unspecified atom stereocenters. The van der Waals surface area contributed by atoms with Crippen LogP contribution in [0.3, 0.4) is 0 Å². The Bertz CT molecular complexity index is 3730. The molecule has 3 aromatic heterocycles. The molecule has 0 spiro atoms. The molecular weight excluding hydrogens is 777 g/mol. The van der Waals surface area contributed by atoms with E-state index in [2.05, 4.69) is 217 Å². The van der Waals surface area contributed by atoms with Crippen LogP contribution in [0.25, 0.3) is 90.1 Å². The molecular formula is C57H38N2S2. The number of fused-ring (bicyclic) bond motifs is 13. The minimum absolute atomic E-state index is 0.125. The number of para-hydroxylation sites is 1. The van der Waals surface area contributed by atoms with Crippen LogP contribution in [-0.2, 0) is 5.41 Å². The van der Waals surface area contributed by atoms with Crippen molar-refractivity contribution in [1.82, 2.24) is 4.57 Å². The first-order valence-corrected chi connectivity index (χ1v) is 22.6. The zero-order chi connectivity index (χ0) is 40.4. The van der Waals surface area contributed by atoms with Gasteiger partial charge in [-0.3, -0.25) is 0 Å². The summed E-state index contributed by atoms with van der Waals surface area (Å²) in [5, 5.41) is 7.83. The summed E-state index contributed by atoms with van der Waals surface area (Å²) in [6, 6.07) is 72.2. The molecule has 2 nitrogen and oxygen atoms in total. The minimum atomic E-state index is -0.125. The predicted octanol–water partition coefficient (Wildman–Crippen LogP) is 17.0. The van der Waals surface area contributed by atoms with Crippen LogP contribution < -0.4 is 4.90 Å². The molecule has 0 radical (unpaired) electrons. The van der Waals surface area contributed by atoms with Crippen LogP contribution in [0.1, 0.15) is 25.0 Å². The lowest BCUT2D eigenvalue weighted by molar-refractivity contribution is 0.660. The van der Waals surface area contributed by atoms with Crippen molar-refractivity contribution < 1.29 is 0 Å². The van der Waals surface area contributed by atoms with Crippen LogP contribution in [0.2, 0.25) is 0 Å². The zero-order valence-electron chi connectivity index (χ0n) is 33.7. The highest BCUT2D eigenvalue weighted by Gasteiger charge is 2.36. The molecule has 13 rings (SSSR count). The van der Waals surface area contributed by atoms with Gasteiger partial charge in [0, 0.05) is 79.3 Å². The van der Waals surface area contributed by atoms with E-state index in [1.54, 1.807) is 0 Å². The van der Waals surface area contributed by atoms with Gasteiger partial charge < -0.3 is 9.47 Å². The maximum Gasteiger partial charge on any atom is 0.0555 e. The third kappa shape index (κ3) is 5.07. The third-order valence-corrected chi connectivity index (χ3v) is 15.6. The van der Waals surface area contributed by atoms with E-state index in [0.717, 1.165) is 22.7 Å². The largest absolute Gasteiger partial charge is 0.310 e. The van der Waals surface area contributed by atoms with Crippen LogP contribution >= 0.6 is 22.7 Å². The summed E-state index contributed by atoms with van der Waals surface area (Å²) < 4.78 is 7.75. The number of nitrogens with zero attached hydrogens (tertiary/aromatic N) is 2. The molecule has 9 aromatic carbocycles. The quantitative estimate of drug-likeness (QED) is 0.168. The van der Waals surface area contributed by atoms with E-state index < -0.39 is 0 Å². The summed E-state index contributed by atoms with van der Waals surface area (Å²) in [5.41, 5.74) is 14.8. The van der Waals surface area contributed by atoms with Gasteiger partial charge in [-0.2, -0.15) is 0 Å². The van der Waals surface area contributed by atoms with Crippen LogP contribution in [0, 0.1) is 0 Å². The number of thiophene rings is 2. The molecule has 0 atom stereocenters. The lowest BCUT2D eigenvalue weighted by atomic mass is 9.82. The summed E-state index contributed by atoms with van der Waals surface area (Å²) in [7, 11) is 0. The number of hydrogen-bond donors (Lipinski definition) is 0. The molecule has 1 aliphatic carbocycles. The fourth-order valence-electron chi connectivity index (χ4n) is 10.3. The van der Waals surface area contributed by atoms with Crippen molar-refractivity contribution in [2.24, 2.45) is 0 Å². The van der Waals surface area contributed by atoms with Gasteiger partial charge in [0.25, 0.3) is 0 Å². The molecule has 3 heterocycles. The smallest absolute Gasteiger partial charge is 0.0555 e. The minimum Gasteiger partial charge on any atom is -0.310 e. The molecule has 0 aliphatic heterocycles. The van der Waals surface area contributed by atoms with Crippen molar-refractivity contribution >= 4 is 102 Å². The average Bonchev–Trinajstić information content (AvgIpc) is 4.04. The van der Waals surface area contributed by atoms with E-state index in [4.69, 9.17) is 0 Å². The van der Waals surface area contributed by atoms with Crippen molar-refractivity contribution in [1.29, 1.82) is 0 Å². The van der Waals surface area contributed by atoms with Crippen molar-refractivity contribution in [3.63, 3.8) is 0 Å². The first-order chi connectivity index (χ1) is 30.0. The first-order valence-electron chi connectivity index (χ1n) is 21.0. The van der Waals surface area contributed by atoms with Crippen molar-refractivity contribution in [2.45, 2.75) is 19.3 Å². The Morgan fingerprint density at radius 2 is 1.00 bits per heavy atom. The maximum atomic E-state index is 2.47. The lowest BCUT2D eigenvalue weighted by Crippen LogP contribution is -2.16.